The fourth-order valence-electron chi connectivity index (χ4n) is 4.48. The van der Waals surface area contributed by atoms with Crippen LogP contribution in [0.1, 0.15) is 45.4 Å². The predicted octanol–water partition coefficient (Wildman–Crippen LogP) is 5.28. The highest BCUT2D eigenvalue weighted by molar-refractivity contribution is 5.94. The number of nitrogens with one attached hydrogen (secondary N) is 2. The summed E-state index contributed by atoms with van der Waals surface area (Å²) in [6.07, 6.45) is 7.33. The van der Waals surface area contributed by atoms with Gasteiger partial charge in [-0.05, 0) is 47.2 Å². The van der Waals surface area contributed by atoms with Crippen molar-refractivity contribution < 1.29 is 4.79 Å². The number of anilines is 1. The van der Waals surface area contributed by atoms with Gasteiger partial charge in [0.2, 0.25) is 0 Å². The summed E-state index contributed by atoms with van der Waals surface area (Å²) >= 11 is 0. The highest BCUT2D eigenvalue weighted by Gasteiger charge is 2.37. The second-order valence-corrected chi connectivity index (χ2v) is 7.79. The number of hydrogen-bond acceptors (Lipinski definition) is 3. The number of benzene rings is 3. The summed E-state index contributed by atoms with van der Waals surface area (Å²) in [6.45, 7) is 0. The lowest BCUT2D eigenvalue weighted by Crippen LogP contribution is -2.29. The molecule has 4 nitrogen and oxygen atoms in total. The molecular weight excluding hydrogens is 370 g/mol. The molecule has 0 saturated heterocycles. The zero-order valence-corrected chi connectivity index (χ0v) is 16.5. The minimum Gasteiger partial charge on any atom is -0.378 e. The van der Waals surface area contributed by atoms with Crippen LogP contribution in [0.4, 0.5) is 5.69 Å². The van der Waals surface area contributed by atoms with Crippen LogP contribution < -0.4 is 10.7 Å². The molecule has 0 radical (unpaired) electrons. The SMILES string of the molecule is O=C(NN=Cc1ccccc1)c1ccc([C@@H]2Nc3ccccc3[C@@H]3C=CC[C@H]32)cc1. The van der Waals surface area contributed by atoms with Crippen molar-refractivity contribution in [2.75, 3.05) is 5.32 Å². The van der Waals surface area contributed by atoms with Crippen molar-refractivity contribution in [3.05, 3.63) is 113 Å². The lowest BCUT2D eigenvalue weighted by atomic mass is 9.77. The Labute approximate surface area is 176 Å². The zero-order chi connectivity index (χ0) is 20.3. The van der Waals surface area contributed by atoms with Crippen molar-refractivity contribution in [2.45, 2.75) is 18.4 Å². The Morgan fingerprint density at radius 1 is 0.967 bits per heavy atom. The van der Waals surface area contributed by atoms with Gasteiger partial charge in [0.25, 0.3) is 5.91 Å². The Kier molecular flexibility index (Phi) is 4.89. The van der Waals surface area contributed by atoms with Gasteiger partial charge in [-0.3, -0.25) is 4.79 Å². The van der Waals surface area contributed by atoms with E-state index in [0.29, 0.717) is 17.4 Å². The molecule has 0 unspecified atom stereocenters. The molecule has 0 bridgehead atoms. The summed E-state index contributed by atoms with van der Waals surface area (Å²) in [5, 5.41) is 7.78. The van der Waals surface area contributed by atoms with Crippen LogP contribution >= 0.6 is 0 Å². The topological polar surface area (TPSA) is 53.5 Å². The number of carbonyl (C=O) groups excluding carboxylic acids is 1. The van der Waals surface area contributed by atoms with E-state index in [2.05, 4.69) is 64.4 Å². The van der Waals surface area contributed by atoms with E-state index >= 15 is 0 Å². The normalized spacial score (nSPS) is 21.7. The first kappa shape index (κ1) is 18.4. The van der Waals surface area contributed by atoms with Crippen LogP contribution in [0, 0.1) is 5.92 Å². The molecule has 3 aromatic rings. The van der Waals surface area contributed by atoms with Crippen molar-refractivity contribution in [2.24, 2.45) is 11.0 Å². The molecule has 2 N–H and O–H groups in total. The fourth-order valence-corrected chi connectivity index (χ4v) is 4.48. The van der Waals surface area contributed by atoms with Crippen LogP contribution in [0.2, 0.25) is 0 Å². The third-order valence-corrected chi connectivity index (χ3v) is 5.98. The molecule has 4 heteroatoms. The summed E-state index contributed by atoms with van der Waals surface area (Å²) in [6, 6.07) is 26.3. The second kappa shape index (κ2) is 7.99. The maximum absolute atomic E-state index is 12.4. The molecule has 0 saturated carbocycles. The van der Waals surface area contributed by atoms with Gasteiger partial charge in [-0.1, -0.05) is 72.8 Å². The van der Waals surface area contributed by atoms with Gasteiger partial charge < -0.3 is 5.32 Å². The van der Waals surface area contributed by atoms with Crippen LogP contribution in [0.15, 0.2) is 96.1 Å². The smallest absolute Gasteiger partial charge is 0.271 e. The second-order valence-electron chi connectivity index (χ2n) is 7.79. The lowest BCUT2D eigenvalue weighted by Gasteiger charge is -2.37. The number of allylic oxidation sites excluding steroid dienone is 2. The number of rotatable bonds is 4. The minimum atomic E-state index is -0.212. The monoisotopic (exact) mass is 393 g/mol. The summed E-state index contributed by atoms with van der Waals surface area (Å²) < 4.78 is 0. The molecule has 3 aromatic carbocycles. The number of fused-ring (bicyclic) bond motifs is 3. The molecule has 3 atom stereocenters. The van der Waals surface area contributed by atoms with Gasteiger partial charge in [-0.15, -0.1) is 0 Å². The van der Waals surface area contributed by atoms with E-state index in [1.807, 2.05) is 42.5 Å². The van der Waals surface area contributed by atoms with Crippen molar-refractivity contribution in [3.8, 4) is 0 Å². The fraction of sp³-hybridized carbons (Fsp3) is 0.154. The number of hydrazone groups is 1. The predicted molar refractivity (Wildman–Crippen MR) is 121 cm³/mol. The third-order valence-electron chi connectivity index (χ3n) is 5.98. The van der Waals surface area contributed by atoms with Crippen LogP contribution in [-0.4, -0.2) is 12.1 Å². The van der Waals surface area contributed by atoms with Gasteiger partial charge in [0.1, 0.15) is 0 Å². The molecule has 1 amide bonds. The maximum Gasteiger partial charge on any atom is 0.271 e. The van der Waals surface area contributed by atoms with E-state index in [1.165, 1.54) is 16.8 Å². The Morgan fingerprint density at radius 3 is 2.57 bits per heavy atom. The number of amides is 1. The number of nitrogens with zero attached hydrogens (tertiary/aromatic N) is 1. The maximum atomic E-state index is 12.4. The van der Waals surface area contributed by atoms with Crippen molar-refractivity contribution in [1.29, 1.82) is 0 Å². The largest absolute Gasteiger partial charge is 0.378 e. The Balaban J connectivity index is 1.30. The van der Waals surface area contributed by atoms with Gasteiger partial charge in [0, 0.05) is 17.2 Å². The number of hydrogen-bond donors (Lipinski definition) is 2. The van der Waals surface area contributed by atoms with Crippen molar-refractivity contribution >= 4 is 17.8 Å². The Bertz CT molecular complexity index is 1100. The highest BCUT2D eigenvalue weighted by Crippen LogP contribution is 2.49. The van der Waals surface area contributed by atoms with E-state index in [1.54, 1.807) is 6.21 Å². The molecule has 0 fully saturated rings. The third kappa shape index (κ3) is 3.52. The summed E-state index contributed by atoms with van der Waals surface area (Å²) in [7, 11) is 0. The molecule has 2 aliphatic rings. The molecule has 0 aromatic heterocycles. The van der Waals surface area contributed by atoms with E-state index in [-0.39, 0.29) is 11.9 Å². The first-order chi connectivity index (χ1) is 14.8. The van der Waals surface area contributed by atoms with E-state index in [0.717, 1.165) is 12.0 Å². The Hall–Kier alpha value is -3.66. The summed E-state index contributed by atoms with van der Waals surface area (Å²) in [5.41, 5.74) is 7.92. The minimum absolute atomic E-state index is 0.212. The zero-order valence-electron chi connectivity index (χ0n) is 16.5. The molecule has 0 spiro atoms. The average molecular weight is 393 g/mol. The molecule has 1 heterocycles. The van der Waals surface area contributed by atoms with Gasteiger partial charge in [-0.25, -0.2) is 5.43 Å². The van der Waals surface area contributed by atoms with Crippen molar-refractivity contribution in [3.63, 3.8) is 0 Å². The molecule has 1 aliphatic carbocycles. The van der Waals surface area contributed by atoms with E-state index in [9.17, 15) is 4.79 Å². The quantitative estimate of drug-likeness (QED) is 0.360. The van der Waals surface area contributed by atoms with Gasteiger partial charge in [0.15, 0.2) is 0 Å². The van der Waals surface area contributed by atoms with Gasteiger partial charge >= 0.3 is 0 Å². The first-order valence-corrected chi connectivity index (χ1v) is 10.3. The lowest BCUT2D eigenvalue weighted by molar-refractivity contribution is 0.0955. The van der Waals surface area contributed by atoms with Crippen molar-refractivity contribution in [1.82, 2.24) is 5.43 Å². The number of para-hydroxylation sites is 1. The van der Waals surface area contributed by atoms with Gasteiger partial charge in [0.05, 0.1) is 12.3 Å². The van der Waals surface area contributed by atoms with E-state index < -0.39 is 0 Å². The molecule has 30 heavy (non-hydrogen) atoms. The van der Waals surface area contributed by atoms with Crippen LogP contribution in [-0.2, 0) is 0 Å². The standard InChI is InChI=1S/C26H23N3O/c30-26(29-27-17-18-7-2-1-3-8-18)20-15-13-19(14-16-20)25-23-11-6-10-21(23)22-9-4-5-12-24(22)28-25/h1-10,12-17,21,23,25,28H,11H2,(H,29,30)/t21-,23+,25-/m0/s1. The van der Waals surface area contributed by atoms with Crippen LogP contribution in [0.3, 0.4) is 0 Å². The number of carbonyl (C=O) groups is 1. The average Bonchev–Trinajstić information content (AvgIpc) is 3.30. The van der Waals surface area contributed by atoms with Gasteiger partial charge in [-0.2, -0.15) is 5.10 Å². The molecular formula is C26H23N3O. The summed E-state index contributed by atoms with van der Waals surface area (Å²) in [5.74, 6) is 0.730. The van der Waals surface area contributed by atoms with E-state index in [4.69, 9.17) is 0 Å². The Morgan fingerprint density at radius 2 is 1.73 bits per heavy atom. The van der Waals surface area contributed by atoms with Crippen LogP contribution in [0.5, 0.6) is 0 Å². The molecule has 5 rings (SSSR count). The highest BCUT2D eigenvalue weighted by atomic mass is 16.2. The molecule has 1 aliphatic heterocycles. The molecule has 148 valence electrons. The van der Waals surface area contributed by atoms with Crippen LogP contribution in [0.25, 0.3) is 0 Å². The first-order valence-electron chi connectivity index (χ1n) is 10.3. The summed E-state index contributed by atoms with van der Waals surface area (Å²) in [4.78, 5) is 12.4.